The molecule has 0 amide bonds. The molecule has 3 rings (SSSR count). The predicted molar refractivity (Wildman–Crippen MR) is 80.0 cm³/mol. The van der Waals surface area contributed by atoms with E-state index in [-0.39, 0.29) is 0 Å². The zero-order valence-corrected chi connectivity index (χ0v) is 11.3. The van der Waals surface area contributed by atoms with Gasteiger partial charge >= 0.3 is 0 Å². The smallest absolute Gasteiger partial charge is 0.142 e. The van der Waals surface area contributed by atoms with Gasteiger partial charge in [-0.1, -0.05) is 18.2 Å². The first-order valence-corrected chi connectivity index (χ1v) is 6.54. The van der Waals surface area contributed by atoms with Crippen molar-refractivity contribution in [2.24, 2.45) is 0 Å². The fourth-order valence-corrected chi connectivity index (χ4v) is 2.04. The van der Waals surface area contributed by atoms with E-state index < -0.39 is 0 Å². The molecule has 0 saturated heterocycles. The van der Waals surface area contributed by atoms with E-state index in [0.29, 0.717) is 18.1 Å². The quantitative estimate of drug-likeness (QED) is 0.795. The summed E-state index contributed by atoms with van der Waals surface area (Å²) < 4.78 is 1.87. The van der Waals surface area contributed by atoms with Gasteiger partial charge in [0.2, 0.25) is 0 Å². The Bertz CT molecular complexity index is 771. The van der Waals surface area contributed by atoms with E-state index in [0.717, 1.165) is 11.3 Å². The second kappa shape index (κ2) is 5.88. The van der Waals surface area contributed by atoms with Crippen LogP contribution in [0.1, 0.15) is 11.3 Å². The summed E-state index contributed by atoms with van der Waals surface area (Å²) in [5, 5.41) is 16.3. The van der Waals surface area contributed by atoms with Crippen molar-refractivity contribution < 1.29 is 0 Å². The van der Waals surface area contributed by atoms with Gasteiger partial charge in [-0.25, -0.2) is 4.98 Å². The number of anilines is 2. The average Bonchev–Trinajstić information content (AvgIpc) is 3.01. The lowest BCUT2D eigenvalue weighted by Crippen LogP contribution is -2.01. The van der Waals surface area contributed by atoms with E-state index in [1.54, 1.807) is 12.3 Å². The molecule has 21 heavy (non-hydrogen) atoms. The number of benzene rings is 1. The molecule has 102 valence electrons. The largest absolute Gasteiger partial charge is 0.340 e. The van der Waals surface area contributed by atoms with E-state index in [1.807, 2.05) is 59.4 Å². The lowest BCUT2D eigenvalue weighted by atomic mass is 10.2. The molecule has 0 spiro atoms. The highest BCUT2D eigenvalue weighted by Crippen LogP contribution is 2.16. The van der Waals surface area contributed by atoms with E-state index >= 15 is 0 Å². The molecule has 0 unspecified atom stereocenters. The van der Waals surface area contributed by atoms with Crippen molar-refractivity contribution in [2.75, 3.05) is 5.32 Å². The van der Waals surface area contributed by atoms with Crippen LogP contribution in [0.25, 0.3) is 0 Å². The van der Waals surface area contributed by atoms with Crippen molar-refractivity contribution in [3.63, 3.8) is 0 Å². The Kier molecular flexibility index (Phi) is 3.61. The van der Waals surface area contributed by atoms with Crippen molar-refractivity contribution >= 4 is 11.5 Å². The molecule has 1 aromatic carbocycles. The van der Waals surface area contributed by atoms with E-state index in [9.17, 15) is 0 Å². The highest BCUT2D eigenvalue weighted by Gasteiger charge is 2.00. The van der Waals surface area contributed by atoms with Gasteiger partial charge in [0.1, 0.15) is 17.6 Å². The molecule has 0 saturated carbocycles. The minimum Gasteiger partial charge on any atom is -0.340 e. The van der Waals surface area contributed by atoms with Crippen LogP contribution in [0.3, 0.4) is 0 Å². The first-order chi connectivity index (χ1) is 10.3. The van der Waals surface area contributed by atoms with Crippen LogP contribution in [-0.4, -0.2) is 14.8 Å². The molecule has 2 heterocycles. The molecule has 0 atom stereocenters. The van der Waals surface area contributed by atoms with Gasteiger partial charge in [-0.2, -0.15) is 10.4 Å². The highest BCUT2D eigenvalue weighted by molar-refractivity contribution is 5.57. The van der Waals surface area contributed by atoms with Crippen LogP contribution in [-0.2, 0) is 6.54 Å². The Morgan fingerprint density at radius 3 is 2.86 bits per heavy atom. The molecule has 0 aliphatic rings. The summed E-state index contributed by atoms with van der Waals surface area (Å²) in [4.78, 5) is 4.20. The van der Waals surface area contributed by atoms with Crippen molar-refractivity contribution in [3.8, 4) is 6.07 Å². The number of nitriles is 1. The third-order valence-corrected chi connectivity index (χ3v) is 2.97. The number of pyridine rings is 1. The monoisotopic (exact) mass is 275 g/mol. The Labute approximate surface area is 122 Å². The van der Waals surface area contributed by atoms with E-state index in [4.69, 9.17) is 5.26 Å². The maximum absolute atomic E-state index is 8.87. The van der Waals surface area contributed by atoms with Crippen LogP contribution < -0.4 is 5.32 Å². The number of nitrogens with zero attached hydrogens (tertiary/aromatic N) is 4. The van der Waals surface area contributed by atoms with Gasteiger partial charge in [0.25, 0.3) is 0 Å². The molecule has 5 nitrogen and oxygen atoms in total. The summed E-state index contributed by atoms with van der Waals surface area (Å²) in [6.45, 7) is 0.716. The molecule has 3 aromatic rings. The van der Waals surface area contributed by atoms with Crippen LogP contribution in [0.2, 0.25) is 0 Å². The summed E-state index contributed by atoms with van der Waals surface area (Å²) in [5.74, 6) is 0.658. The van der Waals surface area contributed by atoms with Crippen molar-refractivity contribution in [1.29, 1.82) is 5.26 Å². The lowest BCUT2D eigenvalue weighted by Gasteiger charge is -2.08. The standard InChI is InChI=1S/C16H13N5/c17-11-15-6-2-7-16(20-15)19-14-5-1-4-13(10-14)12-21-9-3-8-18-21/h1-10H,12H2,(H,19,20). The molecular formula is C16H13N5. The molecule has 0 aliphatic carbocycles. The Balaban J connectivity index is 1.78. The van der Waals surface area contributed by atoms with Gasteiger partial charge in [0, 0.05) is 18.1 Å². The van der Waals surface area contributed by atoms with Gasteiger partial charge in [0.05, 0.1) is 6.54 Å². The summed E-state index contributed by atoms with van der Waals surface area (Å²) in [6.07, 6.45) is 3.69. The van der Waals surface area contributed by atoms with Crippen LogP contribution in [0.4, 0.5) is 11.5 Å². The minimum atomic E-state index is 0.396. The molecule has 0 radical (unpaired) electrons. The average molecular weight is 275 g/mol. The number of hydrogen-bond acceptors (Lipinski definition) is 4. The van der Waals surface area contributed by atoms with Gasteiger partial charge < -0.3 is 5.32 Å². The van der Waals surface area contributed by atoms with Crippen molar-refractivity contribution in [2.45, 2.75) is 6.54 Å². The Morgan fingerprint density at radius 1 is 1.14 bits per heavy atom. The summed E-state index contributed by atoms with van der Waals surface area (Å²) in [5.41, 5.74) is 2.47. The SMILES string of the molecule is N#Cc1cccc(Nc2cccc(Cn3cccn3)c2)n1. The zero-order valence-electron chi connectivity index (χ0n) is 11.3. The lowest BCUT2D eigenvalue weighted by molar-refractivity contribution is 0.687. The van der Waals surface area contributed by atoms with E-state index in [2.05, 4.69) is 15.4 Å². The number of hydrogen-bond donors (Lipinski definition) is 1. The second-order valence-corrected chi connectivity index (χ2v) is 4.55. The zero-order chi connectivity index (χ0) is 14.5. The Hall–Kier alpha value is -3.13. The first kappa shape index (κ1) is 12.9. The second-order valence-electron chi connectivity index (χ2n) is 4.55. The number of rotatable bonds is 4. The van der Waals surface area contributed by atoms with Crippen molar-refractivity contribution in [3.05, 3.63) is 72.2 Å². The normalized spacial score (nSPS) is 10.0. The van der Waals surface area contributed by atoms with Crippen LogP contribution in [0.5, 0.6) is 0 Å². The molecular weight excluding hydrogens is 262 g/mol. The molecule has 0 bridgehead atoms. The van der Waals surface area contributed by atoms with Crippen molar-refractivity contribution in [1.82, 2.24) is 14.8 Å². The third kappa shape index (κ3) is 3.25. The fraction of sp³-hybridized carbons (Fsp3) is 0.0625. The third-order valence-electron chi connectivity index (χ3n) is 2.97. The maximum atomic E-state index is 8.87. The molecule has 0 fully saturated rings. The number of nitrogens with one attached hydrogen (secondary N) is 1. The van der Waals surface area contributed by atoms with Crippen LogP contribution >= 0.6 is 0 Å². The minimum absolute atomic E-state index is 0.396. The Morgan fingerprint density at radius 2 is 2.05 bits per heavy atom. The maximum Gasteiger partial charge on any atom is 0.142 e. The van der Waals surface area contributed by atoms with Gasteiger partial charge in [-0.15, -0.1) is 0 Å². The highest BCUT2D eigenvalue weighted by atomic mass is 15.3. The fourth-order valence-electron chi connectivity index (χ4n) is 2.04. The predicted octanol–water partition coefficient (Wildman–Crippen LogP) is 2.94. The molecule has 1 N–H and O–H groups in total. The van der Waals surface area contributed by atoms with Crippen LogP contribution in [0.15, 0.2) is 60.9 Å². The van der Waals surface area contributed by atoms with E-state index in [1.165, 1.54) is 0 Å². The topological polar surface area (TPSA) is 66.5 Å². The molecule has 5 heteroatoms. The van der Waals surface area contributed by atoms with Gasteiger partial charge in [0.15, 0.2) is 0 Å². The summed E-state index contributed by atoms with van der Waals surface area (Å²) in [6, 6.07) is 17.3. The van der Waals surface area contributed by atoms with Gasteiger partial charge in [-0.3, -0.25) is 4.68 Å². The molecule has 2 aromatic heterocycles. The number of aromatic nitrogens is 3. The summed E-state index contributed by atoms with van der Waals surface area (Å²) in [7, 11) is 0. The molecule has 0 aliphatic heterocycles. The van der Waals surface area contributed by atoms with Gasteiger partial charge in [-0.05, 0) is 35.9 Å². The first-order valence-electron chi connectivity index (χ1n) is 6.54. The summed E-state index contributed by atoms with van der Waals surface area (Å²) >= 11 is 0. The van der Waals surface area contributed by atoms with Crippen LogP contribution in [0, 0.1) is 11.3 Å².